The summed E-state index contributed by atoms with van der Waals surface area (Å²) < 4.78 is 0. The highest BCUT2D eigenvalue weighted by atomic mass is 15.1. The van der Waals surface area contributed by atoms with E-state index in [1.54, 1.807) is 12.1 Å². The first-order chi connectivity index (χ1) is 7.61. The predicted molar refractivity (Wildman–Crippen MR) is 64.8 cm³/mol. The van der Waals surface area contributed by atoms with Gasteiger partial charge in [-0.3, -0.25) is 0 Å². The van der Waals surface area contributed by atoms with Crippen molar-refractivity contribution in [1.82, 2.24) is 5.32 Å². The fourth-order valence-corrected chi connectivity index (χ4v) is 1.20. The molecule has 0 bridgehead atoms. The van der Waals surface area contributed by atoms with Crippen LogP contribution in [0.25, 0.3) is 0 Å². The van der Waals surface area contributed by atoms with Gasteiger partial charge in [-0.05, 0) is 31.5 Å². The Morgan fingerprint density at radius 2 is 2.06 bits per heavy atom. The molecule has 0 unspecified atom stereocenters. The molecule has 0 fully saturated rings. The molecule has 84 valence electrons. The van der Waals surface area contributed by atoms with Crippen molar-refractivity contribution >= 4 is 5.96 Å². The van der Waals surface area contributed by atoms with Gasteiger partial charge in [-0.15, -0.1) is 0 Å². The van der Waals surface area contributed by atoms with Gasteiger partial charge in [-0.1, -0.05) is 12.1 Å². The number of rotatable bonds is 3. The van der Waals surface area contributed by atoms with Crippen LogP contribution in [0.15, 0.2) is 29.3 Å². The largest absolute Gasteiger partial charge is 0.370 e. The molecule has 0 radical (unpaired) electrons. The molecule has 4 nitrogen and oxygen atoms in total. The summed E-state index contributed by atoms with van der Waals surface area (Å²) in [5.41, 5.74) is 7.35. The van der Waals surface area contributed by atoms with Crippen molar-refractivity contribution in [1.29, 1.82) is 5.26 Å². The summed E-state index contributed by atoms with van der Waals surface area (Å²) in [6.07, 6.45) is 0. The summed E-state index contributed by atoms with van der Waals surface area (Å²) in [6.45, 7) is 4.53. The van der Waals surface area contributed by atoms with E-state index in [1.165, 1.54) is 0 Å². The second-order valence-electron chi connectivity index (χ2n) is 3.81. The van der Waals surface area contributed by atoms with E-state index in [0.717, 1.165) is 5.56 Å². The van der Waals surface area contributed by atoms with Crippen molar-refractivity contribution in [2.24, 2.45) is 10.7 Å². The fraction of sp³-hybridized carbons (Fsp3) is 0.333. The Morgan fingerprint density at radius 1 is 1.44 bits per heavy atom. The Balaban J connectivity index is 2.57. The van der Waals surface area contributed by atoms with Crippen LogP contribution in [0, 0.1) is 11.3 Å². The highest BCUT2D eigenvalue weighted by Crippen LogP contribution is 2.04. The first-order valence-electron chi connectivity index (χ1n) is 5.17. The smallest absolute Gasteiger partial charge is 0.189 e. The lowest BCUT2D eigenvalue weighted by atomic mass is 10.1. The zero-order valence-corrected chi connectivity index (χ0v) is 9.57. The predicted octanol–water partition coefficient (Wildman–Crippen LogP) is 1.37. The van der Waals surface area contributed by atoms with Crippen LogP contribution in [-0.4, -0.2) is 12.0 Å². The summed E-state index contributed by atoms with van der Waals surface area (Å²) >= 11 is 0. The number of hydrogen-bond acceptors (Lipinski definition) is 2. The summed E-state index contributed by atoms with van der Waals surface area (Å²) in [7, 11) is 0. The molecular weight excluding hydrogens is 200 g/mol. The number of aliphatic imine (C=N–C) groups is 1. The number of nitrogens with one attached hydrogen (secondary N) is 1. The van der Waals surface area contributed by atoms with Crippen LogP contribution in [-0.2, 0) is 6.54 Å². The Morgan fingerprint density at radius 3 is 2.56 bits per heavy atom. The van der Waals surface area contributed by atoms with E-state index in [-0.39, 0.29) is 6.04 Å². The Labute approximate surface area is 95.8 Å². The quantitative estimate of drug-likeness (QED) is 0.592. The average molecular weight is 216 g/mol. The molecule has 0 aliphatic carbocycles. The first-order valence-corrected chi connectivity index (χ1v) is 5.17. The van der Waals surface area contributed by atoms with Crippen molar-refractivity contribution in [3.63, 3.8) is 0 Å². The zero-order valence-electron chi connectivity index (χ0n) is 9.57. The summed E-state index contributed by atoms with van der Waals surface area (Å²) in [4.78, 5) is 4.19. The zero-order chi connectivity index (χ0) is 12.0. The molecule has 0 amide bonds. The van der Waals surface area contributed by atoms with Crippen LogP contribution in [0.1, 0.15) is 25.0 Å². The number of hydrogen-bond donors (Lipinski definition) is 2. The summed E-state index contributed by atoms with van der Waals surface area (Å²) in [6, 6.07) is 9.66. The SMILES string of the molecule is CC(C)NC(N)=NCc1ccc(C#N)cc1. The van der Waals surface area contributed by atoms with E-state index >= 15 is 0 Å². The summed E-state index contributed by atoms with van der Waals surface area (Å²) in [5, 5.41) is 11.6. The maximum atomic E-state index is 8.64. The van der Waals surface area contributed by atoms with Gasteiger partial charge in [0, 0.05) is 6.04 Å². The number of nitrogens with two attached hydrogens (primary N) is 1. The molecule has 16 heavy (non-hydrogen) atoms. The molecule has 1 aromatic carbocycles. The third-order valence-electron chi connectivity index (χ3n) is 1.95. The van der Waals surface area contributed by atoms with Crippen LogP contribution in [0.2, 0.25) is 0 Å². The molecular formula is C12H16N4. The van der Waals surface area contributed by atoms with Crippen LogP contribution in [0.5, 0.6) is 0 Å². The van der Waals surface area contributed by atoms with Gasteiger partial charge in [0.15, 0.2) is 5.96 Å². The monoisotopic (exact) mass is 216 g/mol. The Hall–Kier alpha value is -2.02. The molecule has 0 heterocycles. The van der Waals surface area contributed by atoms with E-state index in [9.17, 15) is 0 Å². The molecule has 1 rings (SSSR count). The van der Waals surface area contributed by atoms with E-state index in [4.69, 9.17) is 11.0 Å². The van der Waals surface area contributed by atoms with Crippen molar-refractivity contribution in [2.45, 2.75) is 26.4 Å². The summed E-state index contributed by atoms with van der Waals surface area (Å²) in [5.74, 6) is 0.444. The van der Waals surface area contributed by atoms with Crippen LogP contribution in [0.4, 0.5) is 0 Å². The van der Waals surface area contributed by atoms with Crippen molar-refractivity contribution in [3.05, 3.63) is 35.4 Å². The van der Waals surface area contributed by atoms with Gasteiger partial charge in [0.25, 0.3) is 0 Å². The standard InChI is InChI=1S/C12H16N4/c1-9(2)16-12(14)15-8-11-5-3-10(7-13)4-6-11/h3-6,9H,8H2,1-2H3,(H3,14,15,16). The number of nitriles is 1. The van der Waals surface area contributed by atoms with Crippen molar-refractivity contribution in [3.8, 4) is 6.07 Å². The average Bonchev–Trinajstić information content (AvgIpc) is 2.26. The lowest BCUT2D eigenvalue weighted by molar-refractivity contribution is 0.723. The lowest BCUT2D eigenvalue weighted by Crippen LogP contribution is -2.36. The second kappa shape index (κ2) is 5.76. The molecule has 0 aliphatic rings. The Kier molecular flexibility index (Phi) is 4.34. The van der Waals surface area contributed by atoms with Gasteiger partial charge in [0.2, 0.25) is 0 Å². The fourth-order valence-electron chi connectivity index (χ4n) is 1.20. The van der Waals surface area contributed by atoms with E-state index in [2.05, 4.69) is 16.4 Å². The van der Waals surface area contributed by atoms with Gasteiger partial charge in [0.05, 0.1) is 18.2 Å². The molecule has 3 N–H and O–H groups in total. The van der Waals surface area contributed by atoms with Gasteiger partial charge >= 0.3 is 0 Å². The maximum absolute atomic E-state index is 8.64. The number of nitrogens with zero attached hydrogens (tertiary/aromatic N) is 2. The van der Waals surface area contributed by atoms with Crippen molar-refractivity contribution < 1.29 is 0 Å². The molecule has 4 heteroatoms. The molecule has 0 saturated carbocycles. The second-order valence-corrected chi connectivity index (χ2v) is 3.81. The third kappa shape index (κ3) is 4.01. The van der Waals surface area contributed by atoms with E-state index < -0.39 is 0 Å². The molecule has 0 spiro atoms. The van der Waals surface area contributed by atoms with Gasteiger partial charge < -0.3 is 11.1 Å². The van der Waals surface area contributed by atoms with Gasteiger partial charge in [0.1, 0.15) is 0 Å². The van der Waals surface area contributed by atoms with Gasteiger partial charge in [-0.2, -0.15) is 5.26 Å². The van der Waals surface area contributed by atoms with E-state index in [0.29, 0.717) is 18.1 Å². The van der Waals surface area contributed by atoms with Gasteiger partial charge in [-0.25, -0.2) is 4.99 Å². The van der Waals surface area contributed by atoms with E-state index in [1.807, 2.05) is 26.0 Å². The minimum absolute atomic E-state index is 0.282. The van der Waals surface area contributed by atoms with Crippen LogP contribution >= 0.6 is 0 Å². The molecule has 0 aromatic heterocycles. The lowest BCUT2D eigenvalue weighted by Gasteiger charge is -2.08. The third-order valence-corrected chi connectivity index (χ3v) is 1.95. The minimum atomic E-state index is 0.282. The normalized spacial score (nSPS) is 11.2. The molecule has 0 aliphatic heterocycles. The molecule has 0 atom stereocenters. The topological polar surface area (TPSA) is 74.2 Å². The highest BCUT2D eigenvalue weighted by Gasteiger charge is 1.96. The van der Waals surface area contributed by atoms with Crippen LogP contribution in [0.3, 0.4) is 0 Å². The highest BCUT2D eigenvalue weighted by molar-refractivity contribution is 5.78. The van der Waals surface area contributed by atoms with Crippen LogP contribution < -0.4 is 11.1 Å². The minimum Gasteiger partial charge on any atom is -0.370 e. The number of benzene rings is 1. The maximum Gasteiger partial charge on any atom is 0.189 e. The Bertz CT molecular complexity index is 398. The first kappa shape index (κ1) is 12.1. The number of guanidine groups is 1. The molecule has 0 saturated heterocycles. The van der Waals surface area contributed by atoms with Crippen molar-refractivity contribution in [2.75, 3.05) is 0 Å². The molecule has 1 aromatic rings.